The van der Waals surface area contributed by atoms with E-state index in [1.165, 1.54) is 4.90 Å². The van der Waals surface area contributed by atoms with Crippen molar-refractivity contribution in [3.63, 3.8) is 0 Å². The van der Waals surface area contributed by atoms with Crippen LogP contribution < -0.4 is 0 Å². The molecule has 0 fully saturated rings. The van der Waals surface area contributed by atoms with E-state index in [1.807, 2.05) is 71.4 Å². The predicted molar refractivity (Wildman–Crippen MR) is 109 cm³/mol. The molecule has 28 heavy (non-hydrogen) atoms. The fraction of sp³-hybridized carbons (Fsp3) is 0.0909. The molecule has 0 saturated carbocycles. The molecule has 4 aromatic rings. The fourth-order valence-corrected chi connectivity index (χ4v) is 4.08. The van der Waals surface area contributed by atoms with E-state index in [1.54, 1.807) is 12.1 Å². The molecule has 0 saturated heterocycles. The molecule has 138 valence electrons. The second-order valence-electron chi connectivity index (χ2n) is 6.81. The third kappa shape index (κ3) is 2.49. The lowest BCUT2D eigenvalue weighted by molar-refractivity contribution is -0.0547. The molecule has 0 spiro atoms. The Kier molecular flexibility index (Phi) is 3.86. The van der Waals surface area contributed by atoms with Gasteiger partial charge in [-0.1, -0.05) is 52.3 Å². The highest BCUT2D eigenvalue weighted by molar-refractivity contribution is 9.10. The van der Waals surface area contributed by atoms with Crippen LogP contribution in [0.3, 0.4) is 0 Å². The average Bonchev–Trinajstić information content (AvgIpc) is 3.22. The monoisotopic (exact) mass is 433 g/mol. The molecule has 5 nitrogen and oxygen atoms in total. The van der Waals surface area contributed by atoms with E-state index in [4.69, 9.17) is 0 Å². The lowest BCUT2D eigenvalue weighted by Crippen LogP contribution is -2.44. The van der Waals surface area contributed by atoms with E-state index in [2.05, 4.69) is 20.9 Å². The van der Waals surface area contributed by atoms with Gasteiger partial charge in [0.25, 0.3) is 5.91 Å². The SMILES string of the molecule is O=C1c2ccccc2C(O)(c2ccc(Br)cc2)N1Cc1cn2ccccc2n1. The summed E-state index contributed by atoms with van der Waals surface area (Å²) >= 11 is 3.43. The largest absolute Gasteiger partial charge is 0.363 e. The summed E-state index contributed by atoms with van der Waals surface area (Å²) in [6.45, 7) is 0.196. The summed E-state index contributed by atoms with van der Waals surface area (Å²) in [5.74, 6) is -0.210. The zero-order valence-corrected chi connectivity index (χ0v) is 16.4. The van der Waals surface area contributed by atoms with Gasteiger partial charge in [0.1, 0.15) is 5.65 Å². The van der Waals surface area contributed by atoms with E-state index in [0.29, 0.717) is 22.4 Å². The Labute approximate surface area is 170 Å². The quantitative estimate of drug-likeness (QED) is 0.532. The second kappa shape index (κ2) is 6.29. The smallest absolute Gasteiger partial charge is 0.257 e. The summed E-state index contributed by atoms with van der Waals surface area (Å²) in [6, 6.07) is 20.3. The van der Waals surface area contributed by atoms with Gasteiger partial charge in [-0.15, -0.1) is 0 Å². The topological polar surface area (TPSA) is 57.8 Å². The predicted octanol–water partition coefficient (Wildman–Crippen LogP) is 3.95. The highest BCUT2D eigenvalue weighted by Crippen LogP contribution is 2.43. The second-order valence-corrected chi connectivity index (χ2v) is 7.73. The minimum absolute atomic E-state index is 0.196. The number of nitrogens with zero attached hydrogens (tertiary/aromatic N) is 3. The van der Waals surface area contributed by atoms with Crippen molar-refractivity contribution in [3.8, 4) is 0 Å². The standard InChI is InChI=1S/C22H16BrN3O2/c23-16-10-8-15(9-11-16)22(28)19-6-2-1-5-18(19)21(27)26(22)14-17-13-25-12-4-3-7-20(25)24-17/h1-13,28H,14H2. The number of aromatic nitrogens is 2. The highest BCUT2D eigenvalue weighted by Gasteiger charge is 2.49. The maximum absolute atomic E-state index is 13.2. The zero-order valence-electron chi connectivity index (χ0n) is 14.8. The first kappa shape index (κ1) is 17.2. The normalized spacial score (nSPS) is 18.6. The minimum atomic E-state index is -1.55. The van der Waals surface area contributed by atoms with Crippen molar-refractivity contribution < 1.29 is 9.90 Å². The number of fused-ring (bicyclic) bond motifs is 2. The summed E-state index contributed by atoms with van der Waals surface area (Å²) in [6.07, 6.45) is 3.79. The van der Waals surface area contributed by atoms with Crippen LogP contribution in [0.5, 0.6) is 0 Å². The molecule has 2 aromatic carbocycles. The molecule has 0 aliphatic carbocycles. The van der Waals surface area contributed by atoms with Crippen LogP contribution in [0, 0.1) is 0 Å². The molecule has 3 heterocycles. The van der Waals surface area contributed by atoms with Crippen molar-refractivity contribution in [2.24, 2.45) is 0 Å². The maximum atomic E-state index is 13.2. The Morgan fingerprint density at radius 1 is 1.00 bits per heavy atom. The molecule has 1 N–H and O–H groups in total. The Hall–Kier alpha value is -2.96. The van der Waals surface area contributed by atoms with Crippen LogP contribution in [0.2, 0.25) is 0 Å². The number of rotatable bonds is 3. The van der Waals surface area contributed by atoms with Crippen LogP contribution in [0.4, 0.5) is 0 Å². The first-order valence-electron chi connectivity index (χ1n) is 8.90. The molecular formula is C22H16BrN3O2. The van der Waals surface area contributed by atoms with E-state index in [9.17, 15) is 9.90 Å². The van der Waals surface area contributed by atoms with Crippen LogP contribution in [0.1, 0.15) is 27.2 Å². The van der Waals surface area contributed by atoms with Crippen LogP contribution in [-0.4, -0.2) is 25.3 Å². The summed E-state index contributed by atoms with van der Waals surface area (Å²) < 4.78 is 2.81. The number of carbonyl (C=O) groups excluding carboxylic acids is 1. The Balaban J connectivity index is 1.64. The third-order valence-electron chi connectivity index (χ3n) is 5.15. The molecule has 1 unspecified atom stereocenters. The van der Waals surface area contributed by atoms with Crippen LogP contribution in [-0.2, 0) is 12.3 Å². The van der Waals surface area contributed by atoms with E-state index in [-0.39, 0.29) is 12.5 Å². The van der Waals surface area contributed by atoms with Gasteiger partial charge in [-0.25, -0.2) is 4.98 Å². The lowest BCUT2D eigenvalue weighted by atomic mass is 9.94. The van der Waals surface area contributed by atoms with Gasteiger partial charge >= 0.3 is 0 Å². The summed E-state index contributed by atoms with van der Waals surface area (Å²) in [5.41, 5.74) is 1.70. The molecule has 6 heteroatoms. The van der Waals surface area contributed by atoms with Gasteiger partial charge < -0.3 is 9.51 Å². The number of hydrogen-bond acceptors (Lipinski definition) is 3. The zero-order chi connectivity index (χ0) is 19.3. The minimum Gasteiger partial charge on any atom is -0.363 e. The van der Waals surface area contributed by atoms with Crippen LogP contribution >= 0.6 is 15.9 Å². The van der Waals surface area contributed by atoms with Gasteiger partial charge in [0.05, 0.1) is 12.2 Å². The van der Waals surface area contributed by atoms with Gasteiger partial charge in [-0.2, -0.15) is 0 Å². The molecule has 0 bridgehead atoms. The maximum Gasteiger partial charge on any atom is 0.257 e. The number of carbonyl (C=O) groups is 1. The lowest BCUT2D eigenvalue weighted by Gasteiger charge is -2.34. The van der Waals surface area contributed by atoms with E-state index >= 15 is 0 Å². The van der Waals surface area contributed by atoms with Crippen molar-refractivity contribution in [1.29, 1.82) is 0 Å². The Morgan fingerprint density at radius 2 is 1.75 bits per heavy atom. The van der Waals surface area contributed by atoms with E-state index in [0.717, 1.165) is 10.1 Å². The molecule has 1 atom stereocenters. The number of benzene rings is 2. The van der Waals surface area contributed by atoms with Crippen molar-refractivity contribution in [3.05, 3.63) is 106 Å². The van der Waals surface area contributed by atoms with Gasteiger partial charge in [0.2, 0.25) is 0 Å². The van der Waals surface area contributed by atoms with Gasteiger partial charge in [-0.05, 0) is 30.3 Å². The van der Waals surface area contributed by atoms with Crippen molar-refractivity contribution in [1.82, 2.24) is 14.3 Å². The van der Waals surface area contributed by atoms with E-state index < -0.39 is 5.72 Å². The summed E-state index contributed by atoms with van der Waals surface area (Å²) in [4.78, 5) is 19.3. The molecule has 2 aromatic heterocycles. The van der Waals surface area contributed by atoms with Gasteiger partial charge in [0, 0.05) is 33.6 Å². The average molecular weight is 434 g/mol. The van der Waals surface area contributed by atoms with Crippen molar-refractivity contribution in [2.45, 2.75) is 12.3 Å². The number of pyridine rings is 1. The fourth-order valence-electron chi connectivity index (χ4n) is 3.82. The number of aliphatic hydroxyl groups is 1. The molecule has 1 aliphatic heterocycles. The van der Waals surface area contributed by atoms with Crippen molar-refractivity contribution >= 4 is 27.5 Å². The summed E-state index contributed by atoms with van der Waals surface area (Å²) in [7, 11) is 0. The van der Waals surface area contributed by atoms with Crippen LogP contribution in [0.15, 0.2) is 83.6 Å². The van der Waals surface area contributed by atoms with Gasteiger partial charge in [0.15, 0.2) is 5.72 Å². The number of hydrogen-bond donors (Lipinski definition) is 1. The van der Waals surface area contributed by atoms with Crippen molar-refractivity contribution in [2.75, 3.05) is 0 Å². The Morgan fingerprint density at radius 3 is 2.54 bits per heavy atom. The molecule has 0 radical (unpaired) electrons. The first-order valence-corrected chi connectivity index (χ1v) is 9.69. The molecule has 1 amide bonds. The highest BCUT2D eigenvalue weighted by atomic mass is 79.9. The summed E-state index contributed by atoms with van der Waals surface area (Å²) in [5, 5.41) is 11.8. The Bertz CT molecular complexity index is 1170. The number of imidazole rings is 1. The van der Waals surface area contributed by atoms with Crippen LogP contribution in [0.25, 0.3) is 5.65 Å². The number of halogens is 1. The van der Waals surface area contributed by atoms with Gasteiger partial charge in [-0.3, -0.25) is 9.69 Å². The third-order valence-corrected chi connectivity index (χ3v) is 5.68. The molecule has 5 rings (SSSR count). The number of amides is 1. The first-order chi connectivity index (χ1) is 13.6. The molecular weight excluding hydrogens is 418 g/mol. The molecule has 1 aliphatic rings.